The van der Waals surface area contributed by atoms with Crippen molar-refractivity contribution in [2.24, 2.45) is 5.92 Å². The van der Waals surface area contributed by atoms with E-state index in [0.29, 0.717) is 5.92 Å². The van der Waals surface area contributed by atoms with Gasteiger partial charge in [0.05, 0.1) is 28.8 Å². The van der Waals surface area contributed by atoms with E-state index in [1.807, 2.05) is 42.7 Å². The number of anilines is 1. The molecular formula is C31H25FN6. The van der Waals surface area contributed by atoms with Gasteiger partial charge in [-0.25, -0.2) is 9.37 Å². The van der Waals surface area contributed by atoms with E-state index in [0.717, 1.165) is 67.1 Å². The summed E-state index contributed by atoms with van der Waals surface area (Å²) in [4.78, 5) is 12.9. The first-order chi connectivity index (χ1) is 18.6. The van der Waals surface area contributed by atoms with Gasteiger partial charge in [0, 0.05) is 28.4 Å². The number of rotatable bonds is 6. The summed E-state index contributed by atoms with van der Waals surface area (Å²) in [7, 11) is 0. The van der Waals surface area contributed by atoms with Gasteiger partial charge in [-0.2, -0.15) is 5.10 Å². The number of pyridine rings is 2. The molecule has 7 rings (SSSR count). The van der Waals surface area contributed by atoms with Crippen LogP contribution in [0.3, 0.4) is 0 Å². The lowest BCUT2D eigenvalue weighted by atomic mass is 9.83. The van der Waals surface area contributed by atoms with Crippen molar-refractivity contribution in [3.63, 3.8) is 0 Å². The first kappa shape index (κ1) is 22.4. The number of hydrogen-bond acceptors (Lipinski definition) is 4. The Morgan fingerprint density at radius 1 is 0.947 bits per heavy atom. The maximum Gasteiger partial charge on any atom is 0.135 e. The van der Waals surface area contributed by atoms with E-state index in [-0.39, 0.29) is 5.82 Å². The Balaban J connectivity index is 1.26. The van der Waals surface area contributed by atoms with Crippen molar-refractivity contribution in [2.45, 2.75) is 19.3 Å². The molecule has 0 atom stereocenters. The molecule has 1 aliphatic carbocycles. The van der Waals surface area contributed by atoms with Crippen molar-refractivity contribution in [2.75, 3.05) is 5.32 Å². The molecule has 0 radical (unpaired) electrons. The molecule has 0 bridgehead atoms. The van der Waals surface area contributed by atoms with Gasteiger partial charge in [0.2, 0.25) is 0 Å². The number of hydrogen-bond donors (Lipinski definition) is 3. The van der Waals surface area contributed by atoms with Gasteiger partial charge < -0.3 is 10.3 Å². The fraction of sp³-hybridized carbons (Fsp3) is 0.129. The van der Waals surface area contributed by atoms with Crippen LogP contribution < -0.4 is 5.32 Å². The summed E-state index contributed by atoms with van der Waals surface area (Å²) in [5.41, 5.74) is 9.87. The van der Waals surface area contributed by atoms with Gasteiger partial charge in [-0.1, -0.05) is 37.3 Å². The Hall–Kier alpha value is -4.78. The zero-order valence-corrected chi connectivity index (χ0v) is 20.6. The van der Waals surface area contributed by atoms with Gasteiger partial charge in [0.15, 0.2) is 0 Å². The second kappa shape index (κ2) is 8.95. The van der Waals surface area contributed by atoms with Crippen LogP contribution in [0.15, 0.2) is 91.4 Å². The zero-order chi connectivity index (χ0) is 25.6. The number of fused-ring (bicyclic) bond motifs is 2. The second-order valence-corrected chi connectivity index (χ2v) is 9.86. The quantitative estimate of drug-likeness (QED) is 0.219. The molecule has 1 saturated carbocycles. The lowest BCUT2D eigenvalue weighted by Gasteiger charge is -2.28. The number of aromatic amines is 2. The van der Waals surface area contributed by atoms with Crippen LogP contribution in [0.4, 0.5) is 10.1 Å². The van der Waals surface area contributed by atoms with Crippen molar-refractivity contribution in [3.8, 4) is 33.8 Å². The second-order valence-electron chi connectivity index (χ2n) is 9.86. The molecule has 2 aromatic carbocycles. The molecule has 3 N–H and O–H groups in total. The van der Waals surface area contributed by atoms with E-state index < -0.39 is 0 Å². The van der Waals surface area contributed by atoms with Gasteiger partial charge in [0.25, 0.3) is 0 Å². The molecule has 1 aliphatic rings. The zero-order valence-electron chi connectivity index (χ0n) is 20.6. The summed E-state index contributed by atoms with van der Waals surface area (Å²) in [5, 5.41) is 12.2. The number of allylic oxidation sites excluding steroid dienone is 1. The van der Waals surface area contributed by atoms with Gasteiger partial charge in [-0.05, 0) is 72.4 Å². The number of nitrogens with one attached hydrogen (secondary N) is 3. The van der Waals surface area contributed by atoms with Gasteiger partial charge in [0.1, 0.15) is 17.0 Å². The molecular weight excluding hydrogens is 475 g/mol. The third-order valence-electron chi connectivity index (χ3n) is 7.42. The van der Waals surface area contributed by atoms with Crippen molar-refractivity contribution >= 4 is 27.6 Å². The molecule has 0 amide bonds. The molecule has 4 heterocycles. The van der Waals surface area contributed by atoms with Crippen molar-refractivity contribution in [1.29, 1.82) is 0 Å². The molecule has 0 aliphatic heterocycles. The van der Waals surface area contributed by atoms with Crippen molar-refractivity contribution < 1.29 is 4.39 Å². The minimum atomic E-state index is -0.250. The summed E-state index contributed by atoms with van der Waals surface area (Å²) in [6.07, 6.45) is 7.30. The first-order valence-electron chi connectivity index (χ1n) is 12.8. The number of H-pyrrole nitrogens is 2. The van der Waals surface area contributed by atoms with E-state index in [2.05, 4.69) is 44.2 Å². The third kappa shape index (κ3) is 3.93. The van der Waals surface area contributed by atoms with E-state index in [9.17, 15) is 4.39 Å². The Morgan fingerprint density at radius 2 is 1.82 bits per heavy atom. The van der Waals surface area contributed by atoms with Crippen LogP contribution >= 0.6 is 0 Å². The molecule has 38 heavy (non-hydrogen) atoms. The molecule has 4 aromatic heterocycles. The summed E-state index contributed by atoms with van der Waals surface area (Å²) in [5.74, 6) is 0.293. The monoisotopic (exact) mass is 500 g/mol. The summed E-state index contributed by atoms with van der Waals surface area (Å²) in [6.45, 7) is 4.21. The highest BCUT2D eigenvalue weighted by molar-refractivity contribution is 6.00. The minimum absolute atomic E-state index is 0.250. The standard InChI is InChI=1S/C31H25FN6/c1-18(19-4-2-5-19)34-23-14-21(16-33-17-23)26-12-13-28-30(36-26)31(38-37-28)29-15-25-24(6-3-7-27(25)35-29)20-8-10-22(32)11-9-20/h3,6-17,19,34-35H,1-2,4-5H2,(H,37,38). The fourth-order valence-electron chi connectivity index (χ4n) is 5.10. The van der Waals surface area contributed by atoms with E-state index in [1.165, 1.54) is 31.4 Å². The van der Waals surface area contributed by atoms with E-state index in [1.54, 1.807) is 12.1 Å². The molecule has 0 saturated heterocycles. The molecule has 7 heteroatoms. The normalized spacial score (nSPS) is 13.6. The van der Waals surface area contributed by atoms with E-state index in [4.69, 9.17) is 4.98 Å². The predicted octanol–water partition coefficient (Wildman–Crippen LogP) is 7.70. The average molecular weight is 501 g/mol. The Morgan fingerprint density at radius 3 is 2.63 bits per heavy atom. The molecule has 1 fully saturated rings. The number of halogens is 1. The Labute approximate surface area is 218 Å². The maximum absolute atomic E-state index is 13.5. The number of nitrogens with zero attached hydrogens (tertiary/aromatic N) is 3. The van der Waals surface area contributed by atoms with Gasteiger partial charge in [-0.15, -0.1) is 0 Å². The summed E-state index contributed by atoms with van der Waals surface area (Å²) in [6, 6.07) is 20.7. The molecule has 186 valence electrons. The minimum Gasteiger partial charge on any atom is -0.358 e. The van der Waals surface area contributed by atoms with Crippen LogP contribution in [-0.2, 0) is 0 Å². The van der Waals surface area contributed by atoms with Crippen molar-refractivity contribution in [1.82, 2.24) is 25.1 Å². The topological polar surface area (TPSA) is 82.3 Å². The third-order valence-corrected chi connectivity index (χ3v) is 7.42. The van der Waals surface area contributed by atoms with Crippen molar-refractivity contribution in [3.05, 3.63) is 97.2 Å². The van der Waals surface area contributed by atoms with Gasteiger partial charge in [-0.3, -0.25) is 10.1 Å². The molecule has 0 unspecified atom stereocenters. The SMILES string of the molecule is C=C(Nc1cncc(-c2ccc3[nH]nc(-c4cc5c(-c6ccc(F)cc6)cccc5[nH]4)c3n2)c1)C1CCC1. The summed E-state index contributed by atoms with van der Waals surface area (Å²) < 4.78 is 13.5. The molecule has 6 aromatic rings. The number of aromatic nitrogens is 5. The fourth-order valence-corrected chi connectivity index (χ4v) is 5.10. The highest BCUT2D eigenvalue weighted by Gasteiger charge is 2.21. The predicted molar refractivity (Wildman–Crippen MR) is 150 cm³/mol. The van der Waals surface area contributed by atoms with Crippen LogP contribution in [0.2, 0.25) is 0 Å². The Bertz CT molecular complexity index is 1810. The van der Waals surface area contributed by atoms with E-state index >= 15 is 0 Å². The lowest BCUT2D eigenvalue weighted by molar-refractivity contribution is 0.371. The highest BCUT2D eigenvalue weighted by Crippen LogP contribution is 2.35. The van der Waals surface area contributed by atoms with Crippen LogP contribution in [-0.4, -0.2) is 25.1 Å². The smallest absolute Gasteiger partial charge is 0.135 e. The highest BCUT2D eigenvalue weighted by atomic mass is 19.1. The van der Waals surface area contributed by atoms with Crippen LogP contribution in [0, 0.1) is 11.7 Å². The first-order valence-corrected chi connectivity index (χ1v) is 12.8. The largest absolute Gasteiger partial charge is 0.358 e. The molecule has 0 spiro atoms. The molecule has 6 nitrogen and oxygen atoms in total. The maximum atomic E-state index is 13.5. The average Bonchev–Trinajstić information content (AvgIpc) is 3.52. The summed E-state index contributed by atoms with van der Waals surface area (Å²) >= 11 is 0. The van der Waals surface area contributed by atoms with Gasteiger partial charge >= 0.3 is 0 Å². The van der Waals surface area contributed by atoms with Crippen LogP contribution in [0.1, 0.15) is 19.3 Å². The van der Waals surface area contributed by atoms with Crippen LogP contribution in [0.25, 0.3) is 55.7 Å². The lowest BCUT2D eigenvalue weighted by Crippen LogP contribution is -2.18. The Kier molecular flexibility index (Phi) is 5.28. The van der Waals surface area contributed by atoms with Crippen LogP contribution in [0.5, 0.6) is 0 Å². The number of benzene rings is 2.